The van der Waals surface area contributed by atoms with Crippen LogP contribution in [0.4, 0.5) is 0 Å². The van der Waals surface area contributed by atoms with E-state index in [9.17, 15) is 5.11 Å². The fourth-order valence-electron chi connectivity index (χ4n) is 3.01. The van der Waals surface area contributed by atoms with Gasteiger partial charge in [0, 0.05) is 6.42 Å². The molecule has 2 atom stereocenters. The molecule has 2 aliphatic heterocycles. The molecule has 1 aromatic heterocycles. The Hall–Kier alpha value is -0.940. The summed E-state index contributed by atoms with van der Waals surface area (Å²) >= 11 is 0. The average molecular weight is 236 g/mol. The van der Waals surface area contributed by atoms with Gasteiger partial charge in [-0.25, -0.2) is 0 Å². The number of hydrogen-bond acceptors (Lipinski definition) is 4. The van der Waals surface area contributed by atoms with E-state index in [4.69, 9.17) is 0 Å². The highest BCUT2D eigenvalue weighted by molar-refractivity contribution is 5.07. The highest BCUT2D eigenvalue weighted by Gasteiger charge is 2.28. The largest absolute Gasteiger partial charge is 0.394 e. The van der Waals surface area contributed by atoms with E-state index >= 15 is 0 Å². The molecule has 3 heterocycles. The molecule has 5 nitrogen and oxygen atoms in total. The van der Waals surface area contributed by atoms with Gasteiger partial charge in [-0.2, -0.15) is 0 Å². The Morgan fingerprint density at radius 2 is 2.18 bits per heavy atom. The van der Waals surface area contributed by atoms with E-state index in [0.717, 1.165) is 43.9 Å². The van der Waals surface area contributed by atoms with Crippen LogP contribution < -0.4 is 5.32 Å². The first kappa shape index (κ1) is 11.2. The first-order chi connectivity index (χ1) is 8.40. The molecule has 0 aromatic carbocycles. The summed E-state index contributed by atoms with van der Waals surface area (Å²) in [6.45, 7) is 1.27. The van der Waals surface area contributed by atoms with Crippen LogP contribution in [0.3, 0.4) is 0 Å². The number of fused-ring (bicyclic) bond motifs is 1. The van der Waals surface area contributed by atoms with Crippen LogP contribution in [0.1, 0.15) is 55.8 Å². The number of nitrogens with one attached hydrogen (secondary N) is 1. The second kappa shape index (κ2) is 4.74. The van der Waals surface area contributed by atoms with Gasteiger partial charge in [-0.15, -0.1) is 10.2 Å². The molecule has 0 spiro atoms. The molecule has 0 saturated carbocycles. The van der Waals surface area contributed by atoms with Crippen molar-refractivity contribution in [3.63, 3.8) is 0 Å². The minimum absolute atomic E-state index is 0.187. The van der Waals surface area contributed by atoms with E-state index < -0.39 is 0 Å². The number of aliphatic hydroxyl groups is 1. The highest BCUT2D eigenvalue weighted by Crippen LogP contribution is 2.30. The van der Waals surface area contributed by atoms with E-state index in [1.54, 1.807) is 0 Å². The standard InChI is InChI=1S/C12H20N4O/c17-8-9-4-3-6-11-14-15-12(16(9)11)10-5-1-2-7-13-10/h9-10,13,17H,1-8H2. The molecule has 1 aromatic rings. The quantitative estimate of drug-likeness (QED) is 0.803. The van der Waals surface area contributed by atoms with Crippen LogP contribution in [0.5, 0.6) is 0 Å². The first-order valence-electron chi connectivity index (χ1n) is 6.68. The fourth-order valence-corrected chi connectivity index (χ4v) is 3.01. The van der Waals surface area contributed by atoms with Crippen molar-refractivity contribution in [3.8, 4) is 0 Å². The van der Waals surface area contributed by atoms with Crippen molar-refractivity contribution in [2.45, 2.75) is 50.6 Å². The first-order valence-corrected chi connectivity index (χ1v) is 6.68. The zero-order valence-electron chi connectivity index (χ0n) is 10.1. The van der Waals surface area contributed by atoms with E-state index in [1.165, 1.54) is 12.8 Å². The molecule has 0 aliphatic carbocycles. The Morgan fingerprint density at radius 3 is 2.94 bits per heavy atom. The van der Waals surface area contributed by atoms with Crippen molar-refractivity contribution >= 4 is 0 Å². The molecule has 94 valence electrons. The number of aliphatic hydroxyl groups excluding tert-OH is 1. The Bertz CT molecular complexity index is 384. The fraction of sp³-hybridized carbons (Fsp3) is 0.833. The van der Waals surface area contributed by atoms with E-state index in [2.05, 4.69) is 20.1 Å². The number of piperidine rings is 1. The third-order valence-corrected chi connectivity index (χ3v) is 3.93. The zero-order chi connectivity index (χ0) is 11.7. The van der Waals surface area contributed by atoms with Crippen molar-refractivity contribution < 1.29 is 5.11 Å². The zero-order valence-corrected chi connectivity index (χ0v) is 10.1. The molecule has 17 heavy (non-hydrogen) atoms. The summed E-state index contributed by atoms with van der Waals surface area (Å²) in [6, 6.07) is 0.518. The molecule has 2 aliphatic rings. The van der Waals surface area contributed by atoms with Crippen molar-refractivity contribution in [2.75, 3.05) is 13.2 Å². The molecule has 5 heteroatoms. The maximum atomic E-state index is 9.48. The van der Waals surface area contributed by atoms with Crippen LogP contribution in [0.15, 0.2) is 0 Å². The number of rotatable bonds is 2. The molecule has 1 fully saturated rings. The van der Waals surface area contributed by atoms with Crippen molar-refractivity contribution in [2.24, 2.45) is 0 Å². The maximum absolute atomic E-state index is 9.48. The van der Waals surface area contributed by atoms with Gasteiger partial charge in [0.15, 0.2) is 5.82 Å². The Kier molecular flexibility index (Phi) is 3.11. The van der Waals surface area contributed by atoms with E-state index in [-0.39, 0.29) is 12.6 Å². The second-order valence-electron chi connectivity index (χ2n) is 5.08. The van der Waals surface area contributed by atoms with Crippen molar-refractivity contribution in [3.05, 3.63) is 11.6 Å². The SMILES string of the molecule is OCC1CCCc2nnc(C3CCCCN3)n21. The lowest BCUT2D eigenvalue weighted by molar-refractivity contribution is 0.199. The number of nitrogens with zero attached hydrogens (tertiary/aromatic N) is 3. The van der Waals surface area contributed by atoms with Crippen LogP contribution in [0.2, 0.25) is 0 Å². The monoisotopic (exact) mass is 236 g/mol. The molecule has 2 unspecified atom stereocenters. The normalized spacial score (nSPS) is 29.0. The lowest BCUT2D eigenvalue weighted by atomic mass is 10.0. The summed E-state index contributed by atoms with van der Waals surface area (Å²) in [5, 5.41) is 21.6. The number of hydrogen-bond donors (Lipinski definition) is 2. The highest BCUT2D eigenvalue weighted by atomic mass is 16.3. The van der Waals surface area contributed by atoms with Gasteiger partial charge in [0.25, 0.3) is 0 Å². The molecule has 0 bridgehead atoms. The van der Waals surface area contributed by atoms with Crippen LogP contribution in [-0.4, -0.2) is 33.0 Å². The maximum Gasteiger partial charge on any atom is 0.150 e. The van der Waals surface area contributed by atoms with Crippen LogP contribution in [-0.2, 0) is 6.42 Å². The van der Waals surface area contributed by atoms with Gasteiger partial charge in [-0.05, 0) is 32.2 Å². The van der Waals surface area contributed by atoms with E-state index in [1.807, 2.05) is 0 Å². The van der Waals surface area contributed by atoms with Gasteiger partial charge in [-0.3, -0.25) is 0 Å². The summed E-state index contributed by atoms with van der Waals surface area (Å²) < 4.78 is 2.19. The third-order valence-electron chi connectivity index (χ3n) is 3.93. The van der Waals surface area contributed by atoms with Crippen LogP contribution in [0.25, 0.3) is 0 Å². The Morgan fingerprint density at radius 1 is 1.24 bits per heavy atom. The molecular weight excluding hydrogens is 216 g/mol. The van der Waals surface area contributed by atoms with E-state index in [0.29, 0.717) is 6.04 Å². The van der Waals surface area contributed by atoms with Crippen molar-refractivity contribution in [1.29, 1.82) is 0 Å². The van der Waals surface area contributed by atoms with Gasteiger partial charge >= 0.3 is 0 Å². The van der Waals surface area contributed by atoms with Gasteiger partial charge in [-0.1, -0.05) is 6.42 Å². The molecule has 3 rings (SSSR count). The van der Waals surface area contributed by atoms with Gasteiger partial charge in [0.05, 0.1) is 18.7 Å². The van der Waals surface area contributed by atoms with Gasteiger partial charge in [0.1, 0.15) is 5.82 Å². The predicted octanol–water partition coefficient (Wildman–Crippen LogP) is 0.962. The predicted molar refractivity (Wildman–Crippen MR) is 63.7 cm³/mol. The lowest BCUT2D eigenvalue weighted by Gasteiger charge is -2.29. The smallest absolute Gasteiger partial charge is 0.150 e. The lowest BCUT2D eigenvalue weighted by Crippen LogP contribution is -2.32. The van der Waals surface area contributed by atoms with Crippen LogP contribution >= 0.6 is 0 Å². The van der Waals surface area contributed by atoms with Gasteiger partial charge < -0.3 is 15.0 Å². The molecule has 2 N–H and O–H groups in total. The second-order valence-corrected chi connectivity index (χ2v) is 5.08. The minimum Gasteiger partial charge on any atom is -0.394 e. The summed E-state index contributed by atoms with van der Waals surface area (Å²) in [5.74, 6) is 2.09. The third kappa shape index (κ3) is 1.98. The number of aromatic nitrogens is 3. The molecule has 0 amide bonds. The number of aryl methyl sites for hydroxylation is 1. The minimum atomic E-state index is 0.187. The summed E-state index contributed by atoms with van der Waals surface area (Å²) in [7, 11) is 0. The summed E-state index contributed by atoms with van der Waals surface area (Å²) in [6.07, 6.45) is 6.79. The summed E-state index contributed by atoms with van der Waals surface area (Å²) in [5.41, 5.74) is 0. The van der Waals surface area contributed by atoms with Crippen LogP contribution in [0, 0.1) is 0 Å². The van der Waals surface area contributed by atoms with Gasteiger partial charge in [0.2, 0.25) is 0 Å². The Balaban J connectivity index is 1.91. The average Bonchev–Trinajstić information content (AvgIpc) is 2.83. The Labute approximate surface area is 101 Å². The van der Waals surface area contributed by atoms with Crippen molar-refractivity contribution in [1.82, 2.24) is 20.1 Å². The summed E-state index contributed by atoms with van der Waals surface area (Å²) in [4.78, 5) is 0. The molecular formula is C12H20N4O. The molecule has 1 saturated heterocycles. The topological polar surface area (TPSA) is 63.0 Å². The molecule has 0 radical (unpaired) electrons.